The molecule has 2 aliphatic heterocycles. The zero-order valence-corrected chi connectivity index (χ0v) is 14.2. The van der Waals surface area contributed by atoms with Crippen molar-refractivity contribution in [3.05, 3.63) is 70.8 Å². The van der Waals surface area contributed by atoms with E-state index in [0.29, 0.717) is 22.3 Å². The van der Waals surface area contributed by atoms with E-state index in [4.69, 9.17) is 0 Å². The van der Waals surface area contributed by atoms with E-state index in [9.17, 15) is 19.2 Å². The van der Waals surface area contributed by atoms with Crippen LogP contribution in [-0.4, -0.2) is 38.6 Å². The number of hydrogen-bond donors (Lipinski definition) is 0. The van der Waals surface area contributed by atoms with Crippen molar-refractivity contribution in [2.75, 3.05) is 0 Å². The highest BCUT2D eigenvalue weighted by Gasteiger charge is 2.84. The standard InChI is InChI=1S/C19H12NO4P/c1-18-14(21)10-4-2-5-11(8-10)15(22)19(18)16(23)12-6-3-7-13(9-12)17(24)25-20(18)19/h2-9,25H,1H3. The molecule has 1 aliphatic carbocycles. The van der Waals surface area contributed by atoms with Crippen molar-refractivity contribution >= 4 is 31.6 Å². The molecule has 122 valence electrons. The van der Waals surface area contributed by atoms with Gasteiger partial charge in [-0.2, -0.15) is 0 Å². The molecule has 4 atom stereocenters. The predicted molar refractivity (Wildman–Crippen MR) is 91.5 cm³/mol. The highest BCUT2D eigenvalue weighted by atomic mass is 31.1. The van der Waals surface area contributed by atoms with Crippen LogP contribution < -0.4 is 0 Å². The van der Waals surface area contributed by atoms with Crippen LogP contribution in [0.4, 0.5) is 0 Å². The van der Waals surface area contributed by atoms with E-state index in [1.54, 1.807) is 49.4 Å². The third-order valence-electron chi connectivity index (χ3n) is 5.52. The van der Waals surface area contributed by atoms with Gasteiger partial charge in [-0.3, -0.25) is 19.2 Å². The Morgan fingerprint density at radius 1 is 0.760 bits per heavy atom. The van der Waals surface area contributed by atoms with Gasteiger partial charge in [0.1, 0.15) is 5.54 Å². The molecule has 25 heavy (non-hydrogen) atoms. The quantitative estimate of drug-likeness (QED) is 0.415. The van der Waals surface area contributed by atoms with Gasteiger partial charge in [-0.25, -0.2) is 4.67 Å². The maximum atomic E-state index is 13.4. The van der Waals surface area contributed by atoms with E-state index in [2.05, 4.69) is 0 Å². The number of nitrogens with zero attached hydrogens (tertiary/aromatic N) is 1. The molecule has 3 aliphatic rings. The normalized spacial score (nSPS) is 33.2. The van der Waals surface area contributed by atoms with E-state index in [1.165, 1.54) is 10.7 Å². The molecule has 6 heteroatoms. The molecule has 5 rings (SSSR count). The molecule has 0 amide bonds. The monoisotopic (exact) mass is 349 g/mol. The minimum atomic E-state index is -1.62. The molecule has 0 N–H and O–H groups in total. The molecule has 5 nitrogen and oxygen atoms in total. The van der Waals surface area contributed by atoms with Gasteiger partial charge in [0.25, 0.3) is 0 Å². The van der Waals surface area contributed by atoms with Crippen molar-refractivity contribution in [3.8, 4) is 0 Å². The van der Waals surface area contributed by atoms with E-state index in [0.717, 1.165) is 0 Å². The number of hydrogen-bond acceptors (Lipinski definition) is 5. The molecule has 0 aromatic heterocycles. The van der Waals surface area contributed by atoms with Gasteiger partial charge in [0.2, 0.25) is 0 Å². The minimum absolute atomic E-state index is 0.174. The van der Waals surface area contributed by atoms with Crippen LogP contribution in [0.2, 0.25) is 0 Å². The third-order valence-corrected chi connectivity index (χ3v) is 7.02. The van der Waals surface area contributed by atoms with Gasteiger partial charge in [0.15, 0.2) is 28.4 Å². The zero-order chi connectivity index (χ0) is 17.6. The Balaban J connectivity index is 1.83. The molecule has 0 saturated carbocycles. The van der Waals surface area contributed by atoms with Gasteiger partial charge in [-0.05, 0) is 19.1 Å². The van der Waals surface area contributed by atoms with Crippen LogP contribution in [0.3, 0.4) is 0 Å². The average Bonchev–Trinajstić information content (AvgIpc) is 3.19. The Bertz CT molecular complexity index is 1050. The number of carbonyl (C=O) groups is 4. The van der Waals surface area contributed by atoms with Crippen molar-refractivity contribution in [2.24, 2.45) is 0 Å². The first kappa shape index (κ1) is 14.8. The van der Waals surface area contributed by atoms with Gasteiger partial charge >= 0.3 is 0 Å². The van der Waals surface area contributed by atoms with Crippen molar-refractivity contribution in [3.63, 3.8) is 0 Å². The SMILES string of the molecule is CC12C(=O)c3cccc(c3)C(=O)C13C(=O)c1cccc(c1)C(=O)PN23. The Labute approximate surface area is 144 Å². The van der Waals surface area contributed by atoms with E-state index < -0.39 is 31.4 Å². The Hall–Kier alpha value is -2.49. The number of Topliss-reactive ketones (excluding diaryl/α,β-unsaturated/α-hetero) is 3. The van der Waals surface area contributed by atoms with Crippen molar-refractivity contribution < 1.29 is 19.2 Å². The van der Waals surface area contributed by atoms with Crippen LogP contribution >= 0.6 is 8.73 Å². The van der Waals surface area contributed by atoms with Crippen LogP contribution in [0, 0.1) is 0 Å². The summed E-state index contributed by atoms with van der Waals surface area (Å²) in [6.07, 6.45) is 0. The lowest BCUT2D eigenvalue weighted by atomic mass is 9.80. The largest absolute Gasteiger partial charge is 0.292 e. The second kappa shape index (κ2) is 4.37. The highest BCUT2D eigenvalue weighted by Crippen LogP contribution is 2.64. The summed E-state index contributed by atoms with van der Waals surface area (Å²) in [6.45, 7) is 1.61. The van der Waals surface area contributed by atoms with Crippen LogP contribution in [0.15, 0.2) is 48.5 Å². The maximum absolute atomic E-state index is 13.4. The van der Waals surface area contributed by atoms with Crippen LogP contribution in [0.5, 0.6) is 0 Å². The fourth-order valence-electron chi connectivity index (χ4n) is 4.15. The molecule has 4 bridgehead atoms. The first-order valence-electron chi connectivity index (χ1n) is 7.88. The summed E-state index contributed by atoms with van der Waals surface area (Å²) >= 11 is 0. The summed E-state index contributed by atoms with van der Waals surface area (Å²) < 4.78 is 1.51. The van der Waals surface area contributed by atoms with Gasteiger partial charge in [0, 0.05) is 31.0 Å². The lowest BCUT2D eigenvalue weighted by Crippen LogP contribution is -2.43. The first-order valence-corrected chi connectivity index (χ1v) is 8.83. The zero-order valence-electron chi connectivity index (χ0n) is 13.2. The summed E-state index contributed by atoms with van der Waals surface area (Å²) in [6, 6.07) is 12.9. The number of ketones is 3. The second-order valence-electron chi connectivity index (χ2n) is 6.71. The molecule has 2 aromatic rings. The summed E-state index contributed by atoms with van der Waals surface area (Å²) in [5.74, 6) is -1.10. The topological polar surface area (TPSA) is 71.3 Å². The van der Waals surface area contributed by atoms with Crippen molar-refractivity contribution in [1.82, 2.24) is 4.67 Å². The number of carbonyl (C=O) groups excluding carboxylic acids is 4. The molecule has 1 saturated heterocycles. The van der Waals surface area contributed by atoms with E-state index in [-0.39, 0.29) is 11.3 Å². The van der Waals surface area contributed by atoms with Gasteiger partial charge < -0.3 is 0 Å². The molecular weight excluding hydrogens is 337 g/mol. The smallest absolute Gasteiger partial charge is 0.196 e. The average molecular weight is 349 g/mol. The molecule has 4 unspecified atom stereocenters. The number of benzene rings is 2. The second-order valence-corrected chi connectivity index (χ2v) is 7.83. The van der Waals surface area contributed by atoms with Gasteiger partial charge in [-0.15, -0.1) is 0 Å². The van der Waals surface area contributed by atoms with Gasteiger partial charge in [-0.1, -0.05) is 36.4 Å². The highest BCUT2D eigenvalue weighted by molar-refractivity contribution is 7.57. The molecule has 0 radical (unpaired) electrons. The van der Waals surface area contributed by atoms with Crippen molar-refractivity contribution in [1.29, 1.82) is 0 Å². The maximum Gasteiger partial charge on any atom is 0.196 e. The van der Waals surface area contributed by atoms with Crippen LogP contribution in [-0.2, 0) is 0 Å². The van der Waals surface area contributed by atoms with Gasteiger partial charge in [0.05, 0.1) is 0 Å². The molecule has 2 heterocycles. The summed E-state index contributed by atoms with van der Waals surface area (Å²) in [5, 5.41) is 0. The van der Waals surface area contributed by atoms with Crippen LogP contribution in [0.1, 0.15) is 48.4 Å². The predicted octanol–water partition coefficient (Wildman–Crippen LogP) is 2.51. The Morgan fingerprint density at radius 3 is 1.84 bits per heavy atom. The first-order chi connectivity index (χ1) is 11.9. The molecule has 1 fully saturated rings. The van der Waals surface area contributed by atoms with E-state index >= 15 is 0 Å². The Morgan fingerprint density at radius 2 is 1.24 bits per heavy atom. The fraction of sp³-hybridized carbons (Fsp3) is 0.158. The molecular formula is C19H12NO4P. The fourth-order valence-corrected chi connectivity index (χ4v) is 5.66. The summed E-state index contributed by atoms with van der Waals surface area (Å²) in [7, 11) is -0.435. The Kier molecular flexibility index (Phi) is 2.59. The lowest BCUT2D eigenvalue weighted by Gasteiger charge is -2.18. The van der Waals surface area contributed by atoms with Crippen LogP contribution in [0.25, 0.3) is 0 Å². The molecule has 1 spiro atoms. The number of rotatable bonds is 0. The summed E-state index contributed by atoms with van der Waals surface area (Å²) in [5.41, 5.74) is -1.66. The third kappa shape index (κ3) is 1.47. The lowest BCUT2D eigenvalue weighted by molar-refractivity contribution is 0.0792. The number of fused-ring (bicyclic) bond motifs is 5. The minimum Gasteiger partial charge on any atom is -0.292 e. The summed E-state index contributed by atoms with van der Waals surface area (Å²) in [4.78, 5) is 52.4. The van der Waals surface area contributed by atoms with E-state index in [1.807, 2.05) is 0 Å². The van der Waals surface area contributed by atoms with Crippen molar-refractivity contribution in [2.45, 2.75) is 18.0 Å². The molecule has 2 aromatic carbocycles.